The van der Waals surface area contributed by atoms with Crippen LogP contribution in [0.1, 0.15) is 44.9 Å². The van der Waals surface area contributed by atoms with Gasteiger partial charge in [0.15, 0.2) is 0 Å². The molecule has 0 aromatic rings. The average molecular weight is 316 g/mol. The molecule has 2 unspecified atom stereocenters. The summed E-state index contributed by atoms with van der Waals surface area (Å²) in [6.07, 6.45) is 6.72. The third-order valence-electron chi connectivity index (χ3n) is 4.73. The molecule has 2 atom stereocenters. The van der Waals surface area contributed by atoms with Crippen molar-refractivity contribution in [3.8, 4) is 0 Å². The van der Waals surface area contributed by atoms with Crippen molar-refractivity contribution in [3.05, 3.63) is 0 Å². The molecule has 2 amide bonds. The quantitative estimate of drug-likeness (QED) is 0.798. The zero-order valence-corrected chi connectivity index (χ0v) is 13.3. The summed E-state index contributed by atoms with van der Waals surface area (Å²) in [6.45, 7) is 2.87. The molecule has 3 aliphatic rings. The molecule has 5 nitrogen and oxygen atoms in total. The Morgan fingerprint density at radius 2 is 2.00 bits per heavy atom. The highest BCUT2D eigenvalue weighted by atomic mass is 35.5. The van der Waals surface area contributed by atoms with Gasteiger partial charge in [-0.15, -0.1) is 12.4 Å². The summed E-state index contributed by atoms with van der Waals surface area (Å²) in [5.41, 5.74) is 0. The molecule has 0 aromatic heterocycles. The number of likely N-dealkylation sites (tertiary alicyclic amines) is 1. The van der Waals surface area contributed by atoms with Crippen LogP contribution in [0.3, 0.4) is 0 Å². The molecule has 0 radical (unpaired) electrons. The number of nitrogens with zero attached hydrogens (tertiary/aromatic N) is 1. The molecule has 0 aromatic carbocycles. The van der Waals surface area contributed by atoms with Crippen LogP contribution in [0, 0.1) is 5.92 Å². The molecule has 3 rings (SSSR count). The van der Waals surface area contributed by atoms with Crippen molar-refractivity contribution in [2.75, 3.05) is 19.6 Å². The Kier molecular flexibility index (Phi) is 5.88. The number of carbonyl (C=O) groups excluding carboxylic acids is 2. The number of halogens is 1. The van der Waals surface area contributed by atoms with Gasteiger partial charge in [0.1, 0.15) is 6.04 Å². The van der Waals surface area contributed by atoms with Gasteiger partial charge in [-0.25, -0.2) is 0 Å². The first kappa shape index (κ1) is 16.6. The van der Waals surface area contributed by atoms with Gasteiger partial charge in [0.2, 0.25) is 11.8 Å². The fraction of sp³-hybridized carbons (Fsp3) is 0.867. The van der Waals surface area contributed by atoms with E-state index in [0.29, 0.717) is 18.4 Å². The molecule has 0 bridgehead atoms. The van der Waals surface area contributed by atoms with Crippen molar-refractivity contribution in [2.45, 2.75) is 57.0 Å². The van der Waals surface area contributed by atoms with E-state index in [-0.39, 0.29) is 30.3 Å². The lowest BCUT2D eigenvalue weighted by Crippen LogP contribution is -2.46. The van der Waals surface area contributed by atoms with Crippen LogP contribution < -0.4 is 10.6 Å². The first-order chi connectivity index (χ1) is 9.74. The maximum Gasteiger partial charge on any atom is 0.243 e. The highest BCUT2D eigenvalue weighted by molar-refractivity contribution is 5.88. The monoisotopic (exact) mass is 315 g/mol. The maximum atomic E-state index is 12.3. The number of carbonyl (C=O) groups is 2. The lowest BCUT2D eigenvalue weighted by atomic mass is 10.0. The molecule has 2 N–H and O–H groups in total. The van der Waals surface area contributed by atoms with E-state index in [1.54, 1.807) is 0 Å². The summed E-state index contributed by atoms with van der Waals surface area (Å²) >= 11 is 0. The van der Waals surface area contributed by atoms with Crippen LogP contribution >= 0.6 is 12.4 Å². The first-order valence-corrected chi connectivity index (χ1v) is 8.04. The van der Waals surface area contributed by atoms with E-state index < -0.39 is 0 Å². The van der Waals surface area contributed by atoms with Gasteiger partial charge in [-0.2, -0.15) is 0 Å². The second kappa shape index (κ2) is 7.45. The first-order valence-electron chi connectivity index (χ1n) is 8.04. The van der Waals surface area contributed by atoms with Gasteiger partial charge >= 0.3 is 0 Å². The van der Waals surface area contributed by atoms with Gasteiger partial charge in [-0.1, -0.05) is 0 Å². The van der Waals surface area contributed by atoms with E-state index in [4.69, 9.17) is 0 Å². The minimum Gasteiger partial charge on any atom is -0.352 e. The molecule has 6 heteroatoms. The van der Waals surface area contributed by atoms with E-state index in [9.17, 15) is 9.59 Å². The predicted molar refractivity (Wildman–Crippen MR) is 83.4 cm³/mol. The minimum atomic E-state index is -0.204. The van der Waals surface area contributed by atoms with Crippen LogP contribution in [0.4, 0.5) is 0 Å². The molecule has 2 aliphatic heterocycles. The zero-order chi connectivity index (χ0) is 13.9. The van der Waals surface area contributed by atoms with Gasteiger partial charge < -0.3 is 15.5 Å². The molecule has 2 heterocycles. The number of hydrogen-bond donors (Lipinski definition) is 2. The van der Waals surface area contributed by atoms with Gasteiger partial charge in [0.25, 0.3) is 0 Å². The fourth-order valence-electron chi connectivity index (χ4n) is 3.29. The molecule has 1 saturated carbocycles. The van der Waals surface area contributed by atoms with Crippen LogP contribution in [-0.2, 0) is 9.59 Å². The van der Waals surface area contributed by atoms with Gasteiger partial charge in [0.05, 0.1) is 0 Å². The number of hydrogen-bond acceptors (Lipinski definition) is 3. The fourth-order valence-corrected chi connectivity index (χ4v) is 3.29. The standard InChI is InChI=1S/C15H25N3O2.ClH/c19-14(6-3-11-7-8-16-10-11)18-9-1-2-13(18)15(20)17-12-4-5-12;/h11-13,16H,1-10H2,(H,17,20);1H. The molecule has 0 spiro atoms. The lowest BCUT2D eigenvalue weighted by Gasteiger charge is -2.24. The van der Waals surface area contributed by atoms with Crippen LogP contribution in [0.5, 0.6) is 0 Å². The summed E-state index contributed by atoms with van der Waals surface area (Å²) in [6, 6.07) is 0.175. The molecule has 1 aliphatic carbocycles. The minimum absolute atomic E-state index is 0. The van der Waals surface area contributed by atoms with Crippen molar-refractivity contribution in [1.29, 1.82) is 0 Å². The third kappa shape index (κ3) is 4.33. The Morgan fingerprint density at radius 1 is 1.19 bits per heavy atom. The molecule has 120 valence electrons. The van der Waals surface area contributed by atoms with Gasteiger partial charge in [0, 0.05) is 19.0 Å². The number of nitrogens with one attached hydrogen (secondary N) is 2. The van der Waals surface area contributed by atoms with Gasteiger partial charge in [-0.05, 0) is 57.5 Å². The van der Waals surface area contributed by atoms with E-state index in [0.717, 1.165) is 51.7 Å². The van der Waals surface area contributed by atoms with Crippen molar-refractivity contribution in [3.63, 3.8) is 0 Å². The lowest BCUT2D eigenvalue weighted by molar-refractivity contribution is -0.138. The SMILES string of the molecule is Cl.O=C(NC1CC1)C1CCCN1C(=O)CCC1CCNC1. The smallest absolute Gasteiger partial charge is 0.243 e. The van der Waals surface area contributed by atoms with E-state index >= 15 is 0 Å². The van der Waals surface area contributed by atoms with Gasteiger partial charge in [-0.3, -0.25) is 9.59 Å². The second-order valence-corrected chi connectivity index (χ2v) is 6.43. The Hall–Kier alpha value is -0.810. The summed E-state index contributed by atoms with van der Waals surface area (Å²) in [4.78, 5) is 26.3. The summed E-state index contributed by atoms with van der Waals surface area (Å²) in [7, 11) is 0. The van der Waals surface area contributed by atoms with E-state index in [2.05, 4.69) is 10.6 Å². The van der Waals surface area contributed by atoms with Crippen molar-refractivity contribution in [1.82, 2.24) is 15.5 Å². The van der Waals surface area contributed by atoms with Crippen molar-refractivity contribution in [2.24, 2.45) is 5.92 Å². The second-order valence-electron chi connectivity index (χ2n) is 6.43. The molecule has 2 saturated heterocycles. The molecule has 21 heavy (non-hydrogen) atoms. The molecule has 3 fully saturated rings. The summed E-state index contributed by atoms with van der Waals surface area (Å²) in [5, 5.41) is 6.37. The largest absolute Gasteiger partial charge is 0.352 e. The summed E-state index contributed by atoms with van der Waals surface area (Å²) < 4.78 is 0. The van der Waals surface area contributed by atoms with Crippen molar-refractivity contribution < 1.29 is 9.59 Å². The van der Waals surface area contributed by atoms with Crippen molar-refractivity contribution >= 4 is 24.2 Å². The van der Waals surface area contributed by atoms with E-state index in [1.165, 1.54) is 6.42 Å². The Labute approximate surface area is 132 Å². The van der Waals surface area contributed by atoms with Crippen LogP contribution in [0.2, 0.25) is 0 Å². The molecular weight excluding hydrogens is 290 g/mol. The van der Waals surface area contributed by atoms with E-state index in [1.807, 2.05) is 4.90 Å². The average Bonchev–Trinajstić information content (AvgIpc) is 2.98. The number of rotatable bonds is 5. The number of amides is 2. The Balaban J connectivity index is 0.00000161. The molecular formula is C15H26ClN3O2. The zero-order valence-electron chi connectivity index (χ0n) is 12.5. The Bertz CT molecular complexity index is 381. The Morgan fingerprint density at radius 3 is 2.67 bits per heavy atom. The van der Waals surface area contributed by atoms with Crippen LogP contribution in [0.25, 0.3) is 0 Å². The topological polar surface area (TPSA) is 61.4 Å². The predicted octanol–water partition coefficient (Wildman–Crippen LogP) is 1.07. The summed E-state index contributed by atoms with van der Waals surface area (Å²) in [5.74, 6) is 0.881. The highest BCUT2D eigenvalue weighted by Gasteiger charge is 2.36. The van der Waals surface area contributed by atoms with Crippen LogP contribution in [0.15, 0.2) is 0 Å². The normalized spacial score (nSPS) is 28.3. The maximum absolute atomic E-state index is 12.3. The highest BCUT2D eigenvalue weighted by Crippen LogP contribution is 2.24. The third-order valence-corrected chi connectivity index (χ3v) is 4.73. The van der Waals surface area contributed by atoms with Crippen LogP contribution in [-0.4, -0.2) is 48.4 Å².